The van der Waals surface area contributed by atoms with Crippen LogP contribution in [0.15, 0.2) is 12.7 Å². The zero-order chi connectivity index (χ0) is 12.5. The molecule has 0 heterocycles. The van der Waals surface area contributed by atoms with Crippen LogP contribution in [0.2, 0.25) is 0 Å². The lowest BCUT2D eigenvalue weighted by Crippen LogP contribution is -2.11. The molecule has 1 fully saturated rings. The van der Waals surface area contributed by atoms with Gasteiger partial charge in [0.2, 0.25) is 0 Å². The van der Waals surface area contributed by atoms with Gasteiger partial charge in [0.25, 0.3) is 0 Å². The molecule has 1 unspecified atom stereocenters. The van der Waals surface area contributed by atoms with Crippen LogP contribution in [0.4, 0.5) is 0 Å². The summed E-state index contributed by atoms with van der Waals surface area (Å²) in [7, 11) is -2.99. The predicted octanol–water partition coefficient (Wildman–Crippen LogP) is 3.85. The second-order valence-corrected chi connectivity index (χ2v) is 7.11. The molecule has 0 radical (unpaired) electrons. The first kappa shape index (κ1) is 14.0. The number of allylic oxidation sites excluding steroid dienone is 1. The van der Waals surface area contributed by atoms with E-state index in [9.17, 15) is 4.57 Å². The summed E-state index contributed by atoms with van der Waals surface area (Å²) in [6.45, 7) is 13.4. The molecule has 3 nitrogen and oxygen atoms in total. The molecular formula is C12H23O3P. The molecule has 0 aromatic rings. The van der Waals surface area contributed by atoms with Gasteiger partial charge in [-0.2, -0.15) is 0 Å². The maximum atomic E-state index is 12.7. The molecule has 1 rings (SSSR count). The van der Waals surface area contributed by atoms with Gasteiger partial charge < -0.3 is 9.05 Å². The fourth-order valence-corrected chi connectivity index (χ4v) is 5.07. The van der Waals surface area contributed by atoms with Crippen LogP contribution in [0, 0.1) is 11.8 Å². The molecule has 0 aliphatic heterocycles. The zero-order valence-corrected chi connectivity index (χ0v) is 11.7. The quantitative estimate of drug-likeness (QED) is 0.527. The van der Waals surface area contributed by atoms with Crippen LogP contribution in [0.3, 0.4) is 0 Å². The van der Waals surface area contributed by atoms with Gasteiger partial charge in [0.1, 0.15) is 0 Å². The monoisotopic (exact) mass is 246 g/mol. The minimum atomic E-state index is -2.99. The summed E-state index contributed by atoms with van der Waals surface area (Å²) < 4.78 is 23.8. The maximum absolute atomic E-state index is 12.7. The molecule has 16 heavy (non-hydrogen) atoms. The lowest BCUT2D eigenvalue weighted by Gasteiger charge is -2.23. The first-order valence-electron chi connectivity index (χ1n) is 5.91. The Morgan fingerprint density at radius 3 is 1.88 bits per heavy atom. The Kier molecular flexibility index (Phi) is 4.39. The summed E-state index contributed by atoms with van der Waals surface area (Å²) in [6.07, 6.45) is 1.70. The van der Waals surface area contributed by atoms with E-state index < -0.39 is 7.60 Å². The van der Waals surface area contributed by atoms with E-state index in [4.69, 9.17) is 9.05 Å². The van der Waals surface area contributed by atoms with Crippen molar-refractivity contribution in [2.75, 3.05) is 0 Å². The molecule has 0 amide bonds. The first-order valence-corrected chi connectivity index (χ1v) is 7.52. The van der Waals surface area contributed by atoms with Crippen molar-refractivity contribution in [3.05, 3.63) is 12.7 Å². The van der Waals surface area contributed by atoms with Crippen molar-refractivity contribution >= 4 is 7.60 Å². The van der Waals surface area contributed by atoms with Crippen molar-refractivity contribution in [2.45, 2.75) is 52.5 Å². The molecule has 1 aliphatic rings. The van der Waals surface area contributed by atoms with E-state index >= 15 is 0 Å². The van der Waals surface area contributed by atoms with E-state index in [1.807, 2.05) is 33.8 Å². The standard InChI is InChI=1S/C12H23O3P/c1-7-11-10(6)12(11)16(13,14-8(2)3)15-9(4)5/h7-12H,1H2,2-6H3/t10-,11-,12?/m1/s1. The summed E-state index contributed by atoms with van der Waals surface area (Å²) in [5, 5.41) is 0. The van der Waals surface area contributed by atoms with Crippen molar-refractivity contribution in [1.29, 1.82) is 0 Å². The summed E-state index contributed by atoms with van der Waals surface area (Å²) in [5.74, 6) is 0.615. The Hall–Kier alpha value is -0.110. The third-order valence-corrected chi connectivity index (χ3v) is 5.73. The molecule has 3 atom stereocenters. The first-order chi connectivity index (χ1) is 7.31. The molecule has 0 saturated heterocycles. The highest BCUT2D eigenvalue weighted by Crippen LogP contribution is 2.69. The predicted molar refractivity (Wildman–Crippen MR) is 66.7 cm³/mol. The van der Waals surface area contributed by atoms with Gasteiger partial charge >= 0.3 is 7.60 Å². The Morgan fingerprint density at radius 2 is 1.62 bits per heavy atom. The van der Waals surface area contributed by atoms with E-state index in [1.54, 1.807) is 0 Å². The summed E-state index contributed by atoms with van der Waals surface area (Å²) in [4.78, 5) is 0. The van der Waals surface area contributed by atoms with E-state index in [0.717, 1.165) is 0 Å². The Morgan fingerprint density at radius 1 is 1.19 bits per heavy atom. The number of hydrogen-bond donors (Lipinski definition) is 0. The largest absolute Gasteiger partial charge is 0.335 e. The van der Waals surface area contributed by atoms with Crippen LogP contribution >= 0.6 is 7.60 Å². The molecular weight excluding hydrogens is 223 g/mol. The van der Waals surface area contributed by atoms with E-state index in [2.05, 4.69) is 13.5 Å². The molecule has 0 spiro atoms. The summed E-state index contributed by atoms with van der Waals surface area (Å²) in [5.41, 5.74) is -0.00481. The van der Waals surface area contributed by atoms with Crippen LogP contribution in [-0.2, 0) is 13.6 Å². The summed E-state index contributed by atoms with van der Waals surface area (Å²) in [6, 6.07) is 0. The molecule has 94 valence electrons. The molecule has 0 bridgehead atoms. The molecule has 0 aromatic carbocycles. The van der Waals surface area contributed by atoms with E-state index in [1.165, 1.54) is 0 Å². The SMILES string of the molecule is C=C[C@H]1C(P(=O)(OC(C)C)OC(C)C)[C@@H]1C. The van der Waals surface area contributed by atoms with Gasteiger partial charge in [-0.3, -0.25) is 4.57 Å². The van der Waals surface area contributed by atoms with Gasteiger partial charge in [0, 0.05) is 0 Å². The lowest BCUT2D eigenvalue weighted by molar-refractivity contribution is 0.140. The van der Waals surface area contributed by atoms with Crippen LogP contribution in [0.25, 0.3) is 0 Å². The number of hydrogen-bond acceptors (Lipinski definition) is 3. The highest BCUT2D eigenvalue weighted by atomic mass is 31.2. The Bertz CT molecular complexity index is 285. The fourth-order valence-electron chi connectivity index (χ4n) is 2.08. The Balaban J connectivity index is 2.80. The van der Waals surface area contributed by atoms with Crippen molar-refractivity contribution in [2.24, 2.45) is 11.8 Å². The normalized spacial score (nSPS) is 29.8. The molecule has 1 saturated carbocycles. The minimum absolute atomic E-state index is 0.00481. The number of rotatable bonds is 6. The second kappa shape index (κ2) is 5.03. The smallest absolute Gasteiger partial charge is 0.306 e. The van der Waals surface area contributed by atoms with Gasteiger partial charge in [-0.25, -0.2) is 0 Å². The highest BCUT2D eigenvalue weighted by molar-refractivity contribution is 7.55. The maximum Gasteiger partial charge on any atom is 0.335 e. The third-order valence-electron chi connectivity index (χ3n) is 2.75. The van der Waals surface area contributed by atoms with Crippen LogP contribution in [0.5, 0.6) is 0 Å². The Labute approximate surface area is 98.7 Å². The average Bonchev–Trinajstić information content (AvgIpc) is 2.73. The van der Waals surface area contributed by atoms with Crippen molar-refractivity contribution < 1.29 is 13.6 Å². The molecule has 0 aromatic heterocycles. The van der Waals surface area contributed by atoms with Gasteiger partial charge in [-0.1, -0.05) is 13.0 Å². The highest BCUT2D eigenvalue weighted by Gasteiger charge is 2.58. The van der Waals surface area contributed by atoms with E-state index in [0.29, 0.717) is 5.92 Å². The summed E-state index contributed by atoms with van der Waals surface area (Å²) >= 11 is 0. The topological polar surface area (TPSA) is 35.5 Å². The van der Waals surface area contributed by atoms with E-state index in [-0.39, 0.29) is 23.8 Å². The van der Waals surface area contributed by atoms with Crippen LogP contribution in [0.1, 0.15) is 34.6 Å². The van der Waals surface area contributed by atoms with Crippen molar-refractivity contribution in [1.82, 2.24) is 0 Å². The molecule has 0 N–H and O–H groups in total. The molecule has 4 heteroatoms. The fraction of sp³-hybridized carbons (Fsp3) is 0.833. The van der Waals surface area contributed by atoms with Gasteiger partial charge in [0.05, 0.1) is 17.9 Å². The molecule has 1 aliphatic carbocycles. The minimum Gasteiger partial charge on any atom is -0.306 e. The second-order valence-electron chi connectivity index (χ2n) is 5.01. The van der Waals surface area contributed by atoms with Crippen LogP contribution < -0.4 is 0 Å². The van der Waals surface area contributed by atoms with Crippen molar-refractivity contribution in [3.8, 4) is 0 Å². The van der Waals surface area contributed by atoms with Gasteiger partial charge in [-0.15, -0.1) is 6.58 Å². The third kappa shape index (κ3) is 2.97. The van der Waals surface area contributed by atoms with Gasteiger partial charge in [-0.05, 0) is 39.5 Å². The lowest BCUT2D eigenvalue weighted by atomic mass is 10.3. The zero-order valence-electron chi connectivity index (χ0n) is 10.8. The van der Waals surface area contributed by atoms with Crippen LogP contribution in [-0.4, -0.2) is 17.9 Å². The van der Waals surface area contributed by atoms with Crippen molar-refractivity contribution in [3.63, 3.8) is 0 Å². The van der Waals surface area contributed by atoms with Gasteiger partial charge in [0.15, 0.2) is 0 Å². The average molecular weight is 246 g/mol.